The van der Waals surface area contributed by atoms with E-state index in [1.165, 1.54) is 0 Å². The van der Waals surface area contributed by atoms with E-state index in [-0.39, 0.29) is 0 Å². The fourth-order valence-electron chi connectivity index (χ4n) is 1.63. The zero-order chi connectivity index (χ0) is 12.4. The summed E-state index contributed by atoms with van der Waals surface area (Å²) in [5, 5.41) is 3.20. The van der Waals surface area contributed by atoms with Gasteiger partial charge in [-0.15, -0.1) is 0 Å². The molecule has 4 heteroatoms. The Kier molecular flexibility index (Phi) is 2.78. The van der Waals surface area contributed by atoms with Gasteiger partial charge in [-0.25, -0.2) is 0 Å². The summed E-state index contributed by atoms with van der Waals surface area (Å²) in [5.74, 6) is 0. The van der Waals surface area contributed by atoms with E-state index < -0.39 is 0 Å². The third kappa shape index (κ3) is 2.42. The van der Waals surface area contributed by atoms with E-state index in [1.54, 1.807) is 0 Å². The molecule has 0 spiro atoms. The van der Waals surface area contributed by atoms with Gasteiger partial charge in [-0.3, -0.25) is 0 Å². The van der Waals surface area contributed by atoms with Gasteiger partial charge in [0.2, 0.25) is 0 Å². The van der Waals surface area contributed by atoms with Gasteiger partial charge in [0, 0.05) is 17.1 Å². The summed E-state index contributed by atoms with van der Waals surface area (Å²) in [4.78, 5) is 0. The molecule has 0 aliphatic heterocycles. The predicted octanol–water partition coefficient (Wildman–Crippen LogP) is 2.49. The molecular weight excluding hydrogens is 212 g/mol. The minimum atomic E-state index is 0.666. The van der Waals surface area contributed by atoms with Crippen LogP contribution in [0.5, 0.6) is 0 Å². The maximum Gasteiger partial charge on any atom is 0.0638 e. The average molecular weight is 228 g/mol. The molecule has 0 saturated heterocycles. The summed E-state index contributed by atoms with van der Waals surface area (Å²) in [5.41, 5.74) is 22.2. The van der Waals surface area contributed by atoms with Crippen molar-refractivity contribution < 1.29 is 0 Å². The molecule has 0 radical (unpaired) electrons. The van der Waals surface area contributed by atoms with E-state index >= 15 is 0 Å². The van der Waals surface area contributed by atoms with Gasteiger partial charge in [0.05, 0.1) is 11.4 Å². The lowest BCUT2D eigenvalue weighted by Gasteiger charge is -2.12. The fraction of sp³-hybridized carbons (Fsp3) is 0.0769. The van der Waals surface area contributed by atoms with Crippen LogP contribution in [0.25, 0.3) is 0 Å². The van der Waals surface area contributed by atoms with Gasteiger partial charge in [0.1, 0.15) is 0 Å². The van der Waals surface area contributed by atoms with Crippen molar-refractivity contribution in [1.82, 2.24) is 0 Å². The van der Waals surface area contributed by atoms with Crippen molar-refractivity contribution in [1.29, 1.82) is 0 Å². The van der Waals surface area contributed by atoms with Crippen molar-refractivity contribution in [2.45, 2.75) is 6.92 Å². The summed E-state index contributed by atoms with van der Waals surface area (Å²) >= 11 is 0. The van der Waals surface area contributed by atoms with E-state index in [1.807, 2.05) is 43.3 Å². The Morgan fingerprint density at radius 1 is 0.941 bits per heavy atom. The Morgan fingerprint density at radius 3 is 2.41 bits per heavy atom. The van der Waals surface area contributed by atoms with E-state index in [0.29, 0.717) is 17.1 Å². The van der Waals surface area contributed by atoms with Gasteiger partial charge in [0.15, 0.2) is 0 Å². The fourth-order valence-corrected chi connectivity index (χ4v) is 1.63. The maximum atomic E-state index is 5.93. The number of benzene rings is 2. The van der Waals surface area contributed by atoms with Crippen LogP contribution in [0.3, 0.4) is 0 Å². The van der Waals surface area contributed by atoms with Crippen molar-refractivity contribution in [3.8, 4) is 0 Å². The highest BCUT2D eigenvalue weighted by molar-refractivity contribution is 5.78. The maximum absolute atomic E-state index is 5.93. The van der Waals surface area contributed by atoms with Crippen molar-refractivity contribution in [2.75, 3.05) is 22.5 Å². The Balaban J connectivity index is 2.33. The number of nitrogens with one attached hydrogen (secondary N) is 1. The second-order valence-corrected chi connectivity index (χ2v) is 4.05. The molecule has 2 rings (SSSR count). The lowest BCUT2D eigenvalue weighted by molar-refractivity contribution is 1.45. The number of hydrogen-bond donors (Lipinski definition) is 4. The molecule has 0 heterocycles. The molecule has 17 heavy (non-hydrogen) atoms. The van der Waals surface area contributed by atoms with E-state index in [4.69, 9.17) is 17.2 Å². The summed E-state index contributed by atoms with van der Waals surface area (Å²) in [7, 11) is 0. The van der Waals surface area contributed by atoms with Crippen LogP contribution >= 0.6 is 0 Å². The highest BCUT2D eigenvalue weighted by Gasteiger charge is 2.03. The van der Waals surface area contributed by atoms with Crippen molar-refractivity contribution in [2.24, 2.45) is 0 Å². The number of nitrogen functional groups attached to an aromatic ring is 3. The molecular formula is C13H16N4. The van der Waals surface area contributed by atoms with Crippen molar-refractivity contribution >= 4 is 28.4 Å². The normalized spacial score (nSPS) is 10.2. The zero-order valence-electron chi connectivity index (χ0n) is 9.70. The van der Waals surface area contributed by atoms with Crippen LogP contribution < -0.4 is 22.5 Å². The molecule has 0 fully saturated rings. The molecule has 88 valence electrons. The van der Waals surface area contributed by atoms with Crippen LogP contribution in [0.2, 0.25) is 0 Å². The monoisotopic (exact) mass is 228 g/mol. The second kappa shape index (κ2) is 4.25. The van der Waals surface area contributed by atoms with Crippen LogP contribution in [-0.4, -0.2) is 0 Å². The third-order valence-electron chi connectivity index (χ3n) is 2.60. The SMILES string of the molecule is Cc1cc(N)c(Nc2cccc(N)c2)cc1N. The molecule has 7 N–H and O–H groups in total. The quantitative estimate of drug-likeness (QED) is 0.594. The minimum absolute atomic E-state index is 0.666. The van der Waals surface area contributed by atoms with Crippen molar-refractivity contribution in [3.05, 3.63) is 42.0 Å². The first-order chi connectivity index (χ1) is 8.06. The first-order valence-corrected chi connectivity index (χ1v) is 5.34. The summed E-state index contributed by atoms with van der Waals surface area (Å²) in [6.07, 6.45) is 0. The lowest BCUT2D eigenvalue weighted by atomic mass is 10.1. The summed E-state index contributed by atoms with van der Waals surface area (Å²) < 4.78 is 0. The highest BCUT2D eigenvalue weighted by Crippen LogP contribution is 2.28. The highest BCUT2D eigenvalue weighted by atomic mass is 14.9. The van der Waals surface area contributed by atoms with Crippen molar-refractivity contribution in [3.63, 3.8) is 0 Å². The van der Waals surface area contributed by atoms with E-state index in [2.05, 4.69) is 5.32 Å². The summed E-state index contributed by atoms with van der Waals surface area (Å²) in [6, 6.07) is 11.2. The van der Waals surface area contributed by atoms with E-state index in [9.17, 15) is 0 Å². The van der Waals surface area contributed by atoms with Gasteiger partial charge in [-0.05, 0) is 42.8 Å². The van der Waals surface area contributed by atoms with Crippen LogP contribution in [-0.2, 0) is 0 Å². The first-order valence-electron chi connectivity index (χ1n) is 5.34. The Morgan fingerprint density at radius 2 is 1.71 bits per heavy atom. The molecule has 4 nitrogen and oxygen atoms in total. The molecule has 0 amide bonds. The zero-order valence-corrected chi connectivity index (χ0v) is 9.70. The van der Waals surface area contributed by atoms with Gasteiger partial charge in [-0.1, -0.05) is 6.07 Å². The minimum Gasteiger partial charge on any atom is -0.399 e. The van der Waals surface area contributed by atoms with Gasteiger partial charge in [0.25, 0.3) is 0 Å². The number of nitrogens with two attached hydrogens (primary N) is 3. The molecule has 0 atom stereocenters. The second-order valence-electron chi connectivity index (χ2n) is 4.05. The van der Waals surface area contributed by atoms with Gasteiger partial charge >= 0.3 is 0 Å². The molecule has 2 aromatic rings. The lowest BCUT2D eigenvalue weighted by Crippen LogP contribution is -2.00. The smallest absolute Gasteiger partial charge is 0.0638 e. The van der Waals surface area contributed by atoms with Crippen LogP contribution in [0.4, 0.5) is 28.4 Å². The number of hydrogen-bond acceptors (Lipinski definition) is 4. The predicted molar refractivity (Wildman–Crippen MR) is 74.1 cm³/mol. The summed E-state index contributed by atoms with van der Waals surface area (Å²) in [6.45, 7) is 1.93. The molecule has 0 bridgehead atoms. The van der Waals surface area contributed by atoms with Gasteiger partial charge in [-0.2, -0.15) is 0 Å². The molecule has 0 aliphatic rings. The molecule has 0 aromatic heterocycles. The Bertz CT molecular complexity index is 549. The molecule has 0 aliphatic carbocycles. The van der Waals surface area contributed by atoms with E-state index in [0.717, 1.165) is 16.9 Å². The molecule has 0 unspecified atom stereocenters. The van der Waals surface area contributed by atoms with Crippen LogP contribution in [0.1, 0.15) is 5.56 Å². The number of anilines is 5. The first kappa shape index (κ1) is 11.1. The number of rotatable bonds is 2. The van der Waals surface area contributed by atoms with Gasteiger partial charge < -0.3 is 22.5 Å². The average Bonchev–Trinajstić information content (AvgIpc) is 2.26. The number of aryl methyl sites for hydroxylation is 1. The molecule has 0 saturated carbocycles. The van der Waals surface area contributed by atoms with Crippen LogP contribution in [0, 0.1) is 6.92 Å². The molecule has 2 aromatic carbocycles. The third-order valence-corrected chi connectivity index (χ3v) is 2.60. The van der Waals surface area contributed by atoms with Crippen LogP contribution in [0.15, 0.2) is 36.4 Å². The largest absolute Gasteiger partial charge is 0.399 e. The Labute approximate surface area is 100 Å². The standard InChI is InChI=1S/C13H16N4/c1-8-5-12(16)13(7-11(8)15)17-10-4-2-3-9(14)6-10/h2-7,17H,14-16H2,1H3. The Hall–Kier alpha value is -2.36. The topological polar surface area (TPSA) is 90.1 Å².